The predicted molar refractivity (Wildman–Crippen MR) is 27.5 cm³/mol. The zero-order valence-corrected chi connectivity index (χ0v) is 5.81. The molecule has 0 radical (unpaired) electrons. The van der Waals surface area contributed by atoms with E-state index in [1.807, 2.05) is 0 Å². The van der Waals surface area contributed by atoms with Crippen LogP contribution >= 0.6 is 23.2 Å². The Kier molecular flexibility index (Phi) is 2.61. The van der Waals surface area contributed by atoms with E-state index in [9.17, 15) is 13.2 Å². The van der Waals surface area contributed by atoms with Crippen molar-refractivity contribution >= 4 is 23.2 Å². The fraction of sp³-hybridized carbons (Fsp3) is 1.00. The highest BCUT2D eigenvalue weighted by atomic mass is 35.5. The van der Waals surface area contributed by atoms with Gasteiger partial charge in [-0.3, -0.25) is 0 Å². The Morgan fingerprint density at radius 3 is 1.56 bits per heavy atom. The molecule has 0 heterocycles. The molecular formula is C3H3Cl2F3O. The van der Waals surface area contributed by atoms with E-state index in [4.69, 9.17) is 0 Å². The lowest BCUT2D eigenvalue weighted by molar-refractivity contribution is -0.201. The second kappa shape index (κ2) is 2.52. The number of methoxy groups -OCH3 is 1. The van der Waals surface area contributed by atoms with Crippen molar-refractivity contribution in [2.75, 3.05) is 7.11 Å². The highest BCUT2D eigenvalue weighted by Crippen LogP contribution is 2.39. The third kappa shape index (κ3) is 2.20. The predicted octanol–water partition coefficient (Wildman–Crippen LogP) is 2.33. The number of hydrogen-bond donors (Lipinski definition) is 0. The molecule has 0 amide bonds. The Labute approximate surface area is 59.7 Å². The summed E-state index contributed by atoms with van der Waals surface area (Å²) >= 11 is 9.23. The smallest absolute Gasteiger partial charge is 0.343 e. The van der Waals surface area contributed by atoms with Crippen molar-refractivity contribution in [3.8, 4) is 0 Å². The standard InChI is InChI=1S/C3H3Cl2F3O/c1-9-2(4,5)3(6,7)8/h1H3. The van der Waals surface area contributed by atoms with Gasteiger partial charge in [-0.15, -0.1) is 0 Å². The molecule has 56 valence electrons. The van der Waals surface area contributed by atoms with E-state index in [1.165, 1.54) is 0 Å². The quantitative estimate of drug-likeness (QED) is 0.566. The van der Waals surface area contributed by atoms with Crippen molar-refractivity contribution in [1.82, 2.24) is 0 Å². The molecule has 0 aromatic heterocycles. The Bertz CT molecular complexity index is 99.7. The summed E-state index contributed by atoms with van der Waals surface area (Å²) in [6, 6.07) is 0. The van der Waals surface area contributed by atoms with Gasteiger partial charge >= 0.3 is 10.7 Å². The highest BCUT2D eigenvalue weighted by molar-refractivity contribution is 6.47. The summed E-state index contributed by atoms with van der Waals surface area (Å²) in [5, 5.41) is 0. The van der Waals surface area contributed by atoms with Crippen molar-refractivity contribution in [1.29, 1.82) is 0 Å². The van der Waals surface area contributed by atoms with E-state index in [1.54, 1.807) is 0 Å². The van der Waals surface area contributed by atoms with Gasteiger partial charge in [0.25, 0.3) is 0 Å². The summed E-state index contributed by atoms with van der Waals surface area (Å²) in [7, 11) is 0.771. The van der Waals surface area contributed by atoms with Crippen molar-refractivity contribution in [2.24, 2.45) is 0 Å². The van der Waals surface area contributed by atoms with Crippen LogP contribution in [0.15, 0.2) is 0 Å². The SMILES string of the molecule is COC(Cl)(Cl)C(F)(F)F. The van der Waals surface area contributed by atoms with E-state index in [0.29, 0.717) is 0 Å². The molecule has 1 nitrogen and oxygen atoms in total. The molecule has 0 rings (SSSR count). The number of halogens is 5. The van der Waals surface area contributed by atoms with Gasteiger partial charge in [-0.25, -0.2) is 0 Å². The molecule has 0 aromatic carbocycles. The fourth-order valence-corrected chi connectivity index (χ4v) is 0.116. The van der Waals surface area contributed by atoms with Crippen LogP contribution in [0.1, 0.15) is 0 Å². The third-order valence-corrected chi connectivity index (χ3v) is 1.32. The largest absolute Gasteiger partial charge is 0.447 e. The molecule has 0 aliphatic carbocycles. The summed E-state index contributed by atoms with van der Waals surface area (Å²) in [5.41, 5.74) is 0. The fourth-order valence-electron chi connectivity index (χ4n) is 0.116. The molecule has 0 aromatic rings. The van der Waals surface area contributed by atoms with E-state index in [-0.39, 0.29) is 0 Å². The second-order valence-electron chi connectivity index (χ2n) is 1.22. The molecule has 0 bridgehead atoms. The molecule has 0 aliphatic rings. The normalized spacial score (nSPS) is 14.0. The average molecular weight is 183 g/mol. The number of hydrogen-bond acceptors (Lipinski definition) is 1. The van der Waals surface area contributed by atoms with Crippen LogP contribution in [-0.4, -0.2) is 17.8 Å². The molecular weight excluding hydrogens is 180 g/mol. The van der Waals surface area contributed by atoms with Gasteiger partial charge in [0.05, 0.1) is 0 Å². The average Bonchev–Trinajstić information content (AvgIpc) is 1.64. The lowest BCUT2D eigenvalue weighted by Crippen LogP contribution is -2.35. The Balaban J connectivity index is 4.14. The van der Waals surface area contributed by atoms with Gasteiger partial charge in [0, 0.05) is 7.11 Å². The zero-order valence-electron chi connectivity index (χ0n) is 4.30. The number of alkyl halides is 5. The minimum absolute atomic E-state index is 0.771. The van der Waals surface area contributed by atoms with Crippen LogP contribution < -0.4 is 0 Å². The van der Waals surface area contributed by atoms with Crippen LogP contribution in [0.3, 0.4) is 0 Å². The van der Waals surface area contributed by atoms with Crippen LogP contribution in [0, 0.1) is 0 Å². The van der Waals surface area contributed by atoms with Gasteiger partial charge in [-0.2, -0.15) is 13.2 Å². The number of ether oxygens (including phenoxy) is 1. The first-order valence-electron chi connectivity index (χ1n) is 1.81. The van der Waals surface area contributed by atoms with Gasteiger partial charge in [0.2, 0.25) is 0 Å². The first-order chi connectivity index (χ1) is 3.81. The summed E-state index contributed by atoms with van der Waals surface area (Å²) in [4.78, 5) is 0. The van der Waals surface area contributed by atoms with Gasteiger partial charge in [0.1, 0.15) is 0 Å². The van der Waals surface area contributed by atoms with E-state index >= 15 is 0 Å². The monoisotopic (exact) mass is 182 g/mol. The molecule has 0 unspecified atom stereocenters. The summed E-state index contributed by atoms with van der Waals surface area (Å²) in [6.45, 7) is 0. The van der Waals surface area contributed by atoms with Crippen molar-refractivity contribution in [3.63, 3.8) is 0 Å². The first kappa shape index (κ1) is 9.33. The van der Waals surface area contributed by atoms with Crippen molar-refractivity contribution in [2.45, 2.75) is 10.7 Å². The van der Waals surface area contributed by atoms with Crippen LogP contribution in [0.2, 0.25) is 0 Å². The third-order valence-electron chi connectivity index (χ3n) is 0.586. The Morgan fingerprint density at radius 1 is 1.22 bits per heavy atom. The van der Waals surface area contributed by atoms with Crippen molar-refractivity contribution in [3.05, 3.63) is 0 Å². The van der Waals surface area contributed by atoms with Crippen LogP contribution in [0.4, 0.5) is 13.2 Å². The Hall–Kier alpha value is 0.330. The lowest BCUT2D eigenvalue weighted by atomic mass is 10.7. The second-order valence-corrected chi connectivity index (χ2v) is 2.48. The van der Waals surface area contributed by atoms with E-state index in [0.717, 1.165) is 7.11 Å². The van der Waals surface area contributed by atoms with Gasteiger partial charge in [-0.05, 0) is 0 Å². The van der Waals surface area contributed by atoms with Gasteiger partial charge < -0.3 is 4.74 Å². The maximum absolute atomic E-state index is 11.4. The molecule has 0 aliphatic heterocycles. The number of rotatable bonds is 1. The van der Waals surface area contributed by atoms with Crippen LogP contribution in [0.5, 0.6) is 0 Å². The molecule has 0 fully saturated rings. The molecule has 0 atom stereocenters. The van der Waals surface area contributed by atoms with Gasteiger partial charge in [-0.1, -0.05) is 23.2 Å². The minimum atomic E-state index is -4.75. The molecule has 0 saturated heterocycles. The molecule has 0 N–H and O–H groups in total. The summed E-state index contributed by atoms with van der Waals surface area (Å²) < 4.78 is 35.0. The maximum atomic E-state index is 11.4. The minimum Gasteiger partial charge on any atom is -0.343 e. The van der Waals surface area contributed by atoms with E-state index < -0.39 is 10.7 Å². The zero-order chi connectivity index (χ0) is 7.71. The molecule has 9 heavy (non-hydrogen) atoms. The topological polar surface area (TPSA) is 9.23 Å². The highest BCUT2D eigenvalue weighted by Gasteiger charge is 2.53. The molecule has 6 heteroatoms. The van der Waals surface area contributed by atoms with E-state index in [2.05, 4.69) is 27.9 Å². The summed E-state index contributed by atoms with van der Waals surface area (Å²) in [6.07, 6.45) is -4.75. The van der Waals surface area contributed by atoms with Crippen LogP contribution in [-0.2, 0) is 4.74 Å². The van der Waals surface area contributed by atoms with Crippen LogP contribution in [0.25, 0.3) is 0 Å². The maximum Gasteiger partial charge on any atom is 0.447 e. The molecule has 0 saturated carbocycles. The van der Waals surface area contributed by atoms with Crippen molar-refractivity contribution < 1.29 is 17.9 Å². The first-order valence-corrected chi connectivity index (χ1v) is 2.56. The summed E-state index contributed by atoms with van der Waals surface area (Å²) in [5.74, 6) is 0. The lowest BCUT2D eigenvalue weighted by Gasteiger charge is -2.19. The van der Waals surface area contributed by atoms with Gasteiger partial charge in [0.15, 0.2) is 0 Å². The molecule has 0 spiro atoms. The Morgan fingerprint density at radius 2 is 1.56 bits per heavy atom.